The van der Waals surface area contributed by atoms with Gasteiger partial charge in [-0.25, -0.2) is 9.59 Å². The van der Waals surface area contributed by atoms with Crippen LogP contribution < -0.4 is 35.0 Å². The summed E-state index contributed by atoms with van der Waals surface area (Å²) in [5, 5.41) is 19.7. The van der Waals surface area contributed by atoms with Crippen molar-refractivity contribution in [3.63, 3.8) is 0 Å². The molecular formula is C29H34N4O8. The second-order valence-corrected chi connectivity index (χ2v) is 8.55. The number of nitrogens with one attached hydrogen (secondary N) is 3. The van der Waals surface area contributed by atoms with Crippen molar-refractivity contribution >= 4 is 18.2 Å². The zero-order valence-electron chi connectivity index (χ0n) is 23.4. The van der Waals surface area contributed by atoms with Crippen molar-refractivity contribution in [1.82, 2.24) is 16.1 Å². The third-order valence-corrected chi connectivity index (χ3v) is 5.69. The molecule has 1 aliphatic rings. The number of carbonyl (C=O) groups excluding carboxylic acids is 2. The lowest BCUT2D eigenvalue weighted by Crippen LogP contribution is -2.45. The minimum Gasteiger partial charge on any atom is -0.490 e. The van der Waals surface area contributed by atoms with Crippen LogP contribution in [0.3, 0.4) is 0 Å². The van der Waals surface area contributed by atoms with Gasteiger partial charge in [0.1, 0.15) is 13.2 Å². The zero-order valence-corrected chi connectivity index (χ0v) is 23.4. The van der Waals surface area contributed by atoms with Crippen LogP contribution in [0.15, 0.2) is 52.8 Å². The molecule has 0 unspecified atom stereocenters. The van der Waals surface area contributed by atoms with Gasteiger partial charge in [0.15, 0.2) is 29.2 Å². The Morgan fingerprint density at radius 3 is 2.46 bits per heavy atom. The normalized spacial score (nSPS) is 15.3. The van der Waals surface area contributed by atoms with Gasteiger partial charge in [-0.15, -0.1) is 6.42 Å². The number of amides is 2. The van der Waals surface area contributed by atoms with Crippen molar-refractivity contribution in [3.8, 4) is 35.3 Å². The molecule has 2 amide bonds. The smallest absolute Gasteiger partial charge is 0.337 e. The van der Waals surface area contributed by atoms with Gasteiger partial charge in [0.2, 0.25) is 0 Å². The Morgan fingerprint density at radius 1 is 1.10 bits per heavy atom. The Hall–Kier alpha value is -4.89. The lowest BCUT2D eigenvalue weighted by Gasteiger charge is -2.28. The first-order chi connectivity index (χ1) is 19.8. The first-order valence-corrected chi connectivity index (χ1v) is 12.9. The quantitative estimate of drug-likeness (QED) is 0.0890. The molecule has 2 aromatic rings. The highest BCUT2D eigenvalue weighted by atomic mass is 16.5. The van der Waals surface area contributed by atoms with Gasteiger partial charge in [0.05, 0.1) is 38.2 Å². The molecule has 0 radical (unpaired) electrons. The van der Waals surface area contributed by atoms with Crippen molar-refractivity contribution in [1.29, 1.82) is 0 Å². The van der Waals surface area contributed by atoms with Crippen molar-refractivity contribution < 1.29 is 38.4 Å². The van der Waals surface area contributed by atoms with E-state index in [9.17, 15) is 14.7 Å². The highest BCUT2D eigenvalue weighted by molar-refractivity contribution is 5.95. The van der Waals surface area contributed by atoms with E-state index < -0.39 is 24.3 Å². The standard InChI is InChI=1S/C29H34N4O8/c1-6-13-40-21-11-9-19(14-23(21)38-7-2)16-30-33-25(34)17-41-22-12-10-20(15-24(22)39-8-3)27-26(28(35)37-5)18(4)31-29(36)32-27/h1,9-12,14-16,25,27,33-34H,7-8,13,17H2,2-5H3,(H2,31,32,36)/b30-16-/t25-,27+/m1/s1. The number of rotatable bonds is 14. The van der Waals surface area contributed by atoms with Crippen molar-refractivity contribution in [2.75, 3.05) is 33.5 Å². The van der Waals surface area contributed by atoms with Gasteiger partial charge in [-0.3, -0.25) is 5.43 Å². The fourth-order valence-corrected chi connectivity index (χ4v) is 3.93. The largest absolute Gasteiger partial charge is 0.490 e. The summed E-state index contributed by atoms with van der Waals surface area (Å²) in [6.45, 7) is 6.03. The third-order valence-electron chi connectivity index (χ3n) is 5.69. The molecule has 0 saturated carbocycles. The first kappa shape index (κ1) is 30.6. The van der Waals surface area contributed by atoms with Gasteiger partial charge in [0, 0.05) is 5.70 Å². The Balaban J connectivity index is 1.67. The number of urea groups is 1. The van der Waals surface area contributed by atoms with Gasteiger partial charge in [-0.1, -0.05) is 12.0 Å². The minimum absolute atomic E-state index is 0.120. The van der Waals surface area contributed by atoms with Crippen LogP contribution in [-0.4, -0.2) is 63.1 Å². The molecule has 4 N–H and O–H groups in total. The van der Waals surface area contributed by atoms with E-state index >= 15 is 0 Å². The molecule has 0 fully saturated rings. The summed E-state index contributed by atoms with van der Waals surface area (Å²) in [5.74, 6) is 3.60. The SMILES string of the molecule is C#CCOc1ccc(/C=N\N[C@H](O)COc2ccc([C@@H]3NC(=O)NC(C)=C3C(=O)OC)cc2OCC)cc1OCC. The van der Waals surface area contributed by atoms with Crippen LogP contribution >= 0.6 is 0 Å². The summed E-state index contributed by atoms with van der Waals surface area (Å²) in [6.07, 6.45) is 5.62. The van der Waals surface area contributed by atoms with Crippen LogP contribution in [0.1, 0.15) is 37.9 Å². The van der Waals surface area contributed by atoms with Crippen LogP contribution in [0.25, 0.3) is 0 Å². The predicted molar refractivity (Wildman–Crippen MR) is 151 cm³/mol. The van der Waals surface area contributed by atoms with Crippen LogP contribution in [0.4, 0.5) is 4.79 Å². The number of nitrogens with zero attached hydrogens (tertiary/aromatic N) is 1. The lowest BCUT2D eigenvalue weighted by atomic mass is 9.95. The molecule has 0 saturated heterocycles. The maximum absolute atomic E-state index is 12.4. The molecule has 12 heteroatoms. The number of carbonyl (C=O) groups is 2. The van der Waals surface area contributed by atoms with E-state index in [0.29, 0.717) is 53.0 Å². The monoisotopic (exact) mass is 566 g/mol. The molecule has 218 valence electrons. The molecule has 1 aliphatic heterocycles. The van der Waals surface area contributed by atoms with Gasteiger partial charge in [0.25, 0.3) is 0 Å². The van der Waals surface area contributed by atoms with E-state index in [-0.39, 0.29) is 18.8 Å². The summed E-state index contributed by atoms with van der Waals surface area (Å²) in [4.78, 5) is 24.5. The highest BCUT2D eigenvalue weighted by Gasteiger charge is 2.32. The molecule has 2 aromatic carbocycles. The Morgan fingerprint density at radius 2 is 1.78 bits per heavy atom. The topological polar surface area (TPSA) is 149 Å². The molecule has 1 heterocycles. The number of hydrogen-bond donors (Lipinski definition) is 4. The maximum Gasteiger partial charge on any atom is 0.337 e. The summed E-state index contributed by atoms with van der Waals surface area (Å²) in [7, 11) is 1.27. The van der Waals surface area contributed by atoms with E-state index in [1.165, 1.54) is 13.3 Å². The lowest BCUT2D eigenvalue weighted by molar-refractivity contribution is -0.136. The zero-order chi connectivity index (χ0) is 29.8. The number of hydrazone groups is 1. The summed E-state index contributed by atoms with van der Waals surface area (Å²) in [5.41, 5.74) is 4.55. The third kappa shape index (κ3) is 8.30. The molecule has 2 atom stereocenters. The van der Waals surface area contributed by atoms with E-state index in [1.54, 1.807) is 43.3 Å². The average molecular weight is 567 g/mol. The maximum atomic E-state index is 12.4. The number of benzene rings is 2. The second kappa shape index (κ2) is 15.0. The fraction of sp³-hybridized carbons (Fsp3) is 0.345. The van der Waals surface area contributed by atoms with Crippen molar-refractivity contribution in [3.05, 3.63) is 58.8 Å². The number of methoxy groups -OCH3 is 1. The summed E-state index contributed by atoms with van der Waals surface area (Å²) >= 11 is 0. The number of aliphatic hydroxyl groups excluding tert-OH is 1. The number of aliphatic hydroxyl groups is 1. The second-order valence-electron chi connectivity index (χ2n) is 8.55. The van der Waals surface area contributed by atoms with Crippen molar-refractivity contribution in [2.45, 2.75) is 33.0 Å². The molecule has 0 aliphatic carbocycles. The van der Waals surface area contributed by atoms with Crippen LogP contribution in [0.2, 0.25) is 0 Å². The number of allylic oxidation sites excluding steroid dienone is 1. The first-order valence-electron chi connectivity index (χ1n) is 12.9. The van der Waals surface area contributed by atoms with E-state index in [2.05, 4.69) is 27.1 Å². The summed E-state index contributed by atoms with van der Waals surface area (Å²) < 4.78 is 27.5. The molecule has 12 nitrogen and oxygen atoms in total. The highest BCUT2D eigenvalue weighted by Crippen LogP contribution is 2.35. The van der Waals surface area contributed by atoms with Crippen LogP contribution in [-0.2, 0) is 9.53 Å². The van der Waals surface area contributed by atoms with Gasteiger partial charge >= 0.3 is 12.0 Å². The molecule has 0 aromatic heterocycles. The Bertz CT molecular complexity index is 1330. The van der Waals surface area contributed by atoms with Gasteiger partial charge < -0.3 is 39.4 Å². The number of ether oxygens (including phenoxy) is 5. The minimum atomic E-state index is -1.15. The fourth-order valence-electron chi connectivity index (χ4n) is 3.93. The molecule has 41 heavy (non-hydrogen) atoms. The average Bonchev–Trinajstić information content (AvgIpc) is 2.95. The van der Waals surface area contributed by atoms with Crippen LogP contribution in [0, 0.1) is 12.3 Å². The molecule has 3 rings (SSSR count). The van der Waals surface area contributed by atoms with E-state index in [0.717, 1.165) is 0 Å². The van der Waals surface area contributed by atoms with E-state index in [1.807, 2.05) is 13.8 Å². The number of hydrogen-bond acceptors (Lipinski definition) is 10. The molecule has 0 spiro atoms. The van der Waals surface area contributed by atoms with E-state index in [4.69, 9.17) is 30.1 Å². The Labute approximate surface area is 238 Å². The van der Waals surface area contributed by atoms with Crippen molar-refractivity contribution in [2.24, 2.45) is 5.10 Å². The van der Waals surface area contributed by atoms with Crippen LogP contribution in [0.5, 0.6) is 23.0 Å². The predicted octanol–water partition coefficient (Wildman–Crippen LogP) is 2.62. The molecule has 0 bridgehead atoms. The number of terminal acetylenes is 1. The van der Waals surface area contributed by atoms with Gasteiger partial charge in [-0.2, -0.15) is 5.10 Å². The number of esters is 1. The Kier molecular flexibility index (Phi) is 11.2. The summed E-state index contributed by atoms with van der Waals surface area (Å²) in [6, 6.07) is 9.02. The molecular weight excluding hydrogens is 532 g/mol. The van der Waals surface area contributed by atoms with Gasteiger partial charge in [-0.05, 0) is 62.2 Å².